The van der Waals surface area contributed by atoms with Crippen LogP contribution < -0.4 is 15.4 Å². The van der Waals surface area contributed by atoms with Gasteiger partial charge in [-0.1, -0.05) is 15.9 Å². The van der Waals surface area contributed by atoms with Gasteiger partial charge in [-0.05, 0) is 67.5 Å². The Bertz CT molecular complexity index is 1020. The third-order valence-corrected chi connectivity index (χ3v) is 7.06. The summed E-state index contributed by atoms with van der Waals surface area (Å²) in [6.07, 6.45) is 1.77. The zero-order valence-corrected chi connectivity index (χ0v) is 18.9. The lowest BCUT2D eigenvalue weighted by molar-refractivity contribution is 0.0974. The zero-order chi connectivity index (χ0) is 21.0. The van der Waals surface area contributed by atoms with Crippen molar-refractivity contribution in [1.82, 2.24) is 9.62 Å². The van der Waals surface area contributed by atoms with Crippen LogP contribution in [0.15, 0.2) is 51.8 Å². The maximum absolute atomic E-state index is 12.6. The van der Waals surface area contributed by atoms with Gasteiger partial charge in [0.05, 0.1) is 17.6 Å². The van der Waals surface area contributed by atoms with Gasteiger partial charge in [0.1, 0.15) is 5.75 Å². The number of amides is 1. The number of thiocarbonyl (C=S) groups is 1. The number of ether oxygens (including phenoxy) is 1. The Hall–Kier alpha value is -2.01. The minimum Gasteiger partial charge on any atom is -0.496 e. The Balaban J connectivity index is 1.65. The fourth-order valence-electron chi connectivity index (χ4n) is 2.98. The summed E-state index contributed by atoms with van der Waals surface area (Å²) >= 11 is 8.52. The number of sulfonamides is 1. The molecule has 0 saturated carbocycles. The Kier molecular flexibility index (Phi) is 6.89. The summed E-state index contributed by atoms with van der Waals surface area (Å²) in [5, 5.41) is 5.56. The van der Waals surface area contributed by atoms with Crippen LogP contribution in [0.2, 0.25) is 0 Å². The van der Waals surface area contributed by atoms with E-state index in [-0.39, 0.29) is 10.0 Å². The van der Waals surface area contributed by atoms with E-state index >= 15 is 0 Å². The molecule has 0 aromatic heterocycles. The van der Waals surface area contributed by atoms with Crippen LogP contribution in [0.1, 0.15) is 23.2 Å². The molecule has 2 aromatic carbocycles. The van der Waals surface area contributed by atoms with Crippen molar-refractivity contribution in [2.45, 2.75) is 17.7 Å². The van der Waals surface area contributed by atoms with Gasteiger partial charge in [-0.25, -0.2) is 8.42 Å². The molecule has 29 heavy (non-hydrogen) atoms. The summed E-state index contributed by atoms with van der Waals surface area (Å²) in [4.78, 5) is 12.7. The molecule has 0 unspecified atom stereocenters. The van der Waals surface area contributed by atoms with E-state index in [0.717, 1.165) is 17.3 Å². The van der Waals surface area contributed by atoms with Crippen molar-refractivity contribution in [3.63, 3.8) is 0 Å². The lowest BCUT2D eigenvalue weighted by atomic mass is 10.2. The molecule has 0 bridgehead atoms. The number of hydrogen-bond acceptors (Lipinski definition) is 5. The monoisotopic (exact) mass is 497 g/mol. The average molecular weight is 498 g/mol. The number of halogens is 1. The standard InChI is InChI=1S/C19H20BrN3O4S2/c1-27-17-9-4-13(20)12-16(17)18(24)22-19(28)21-14-5-7-15(8-6-14)29(25,26)23-10-2-3-11-23/h4-9,12H,2-3,10-11H2,1H3,(H2,21,22,24,28). The molecule has 1 saturated heterocycles. The number of anilines is 1. The maximum Gasteiger partial charge on any atom is 0.261 e. The highest BCUT2D eigenvalue weighted by Crippen LogP contribution is 2.24. The SMILES string of the molecule is COc1ccc(Br)cc1C(=O)NC(=S)Nc1ccc(S(=O)(=O)N2CCCC2)cc1. The smallest absolute Gasteiger partial charge is 0.261 e. The van der Waals surface area contributed by atoms with Crippen molar-refractivity contribution in [2.24, 2.45) is 0 Å². The van der Waals surface area contributed by atoms with Gasteiger partial charge in [0.15, 0.2) is 5.11 Å². The number of carbonyl (C=O) groups excluding carboxylic acids is 1. The van der Waals surface area contributed by atoms with E-state index in [9.17, 15) is 13.2 Å². The molecule has 1 amide bonds. The minimum absolute atomic E-state index is 0.0900. The molecular weight excluding hydrogens is 478 g/mol. The molecular formula is C19H20BrN3O4S2. The van der Waals surface area contributed by atoms with Crippen molar-refractivity contribution in [3.8, 4) is 5.75 Å². The van der Waals surface area contributed by atoms with Gasteiger partial charge in [-0.2, -0.15) is 4.31 Å². The van der Waals surface area contributed by atoms with Gasteiger partial charge in [0.25, 0.3) is 5.91 Å². The fourth-order valence-corrected chi connectivity index (χ4v) is 5.07. The van der Waals surface area contributed by atoms with Crippen LogP contribution in [0.5, 0.6) is 5.75 Å². The van der Waals surface area contributed by atoms with Crippen LogP contribution in [0.4, 0.5) is 5.69 Å². The van der Waals surface area contributed by atoms with Gasteiger partial charge in [-0.3, -0.25) is 10.1 Å². The van der Waals surface area contributed by atoms with Crippen LogP contribution in [-0.2, 0) is 10.0 Å². The average Bonchev–Trinajstić information content (AvgIpc) is 3.24. The number of rotatable bonds is 5. The first-order valence-corrected chi connectivity index (χ1v) is 11.5. The molecule has 1 aliphatic heterocycles. The van der Waals surface area contributed by atoms with E-state index in [1.807, 2.05) is 0 Å². The second kappa shape index (κ2) is 9.21. The summed E-state index contributed by atoms with van der Waals surface area (Å²) in [6, 6.07) is 11.4. The highest BCUT2D eigenvalue weighted by atomic mass is 79.9. The molecule has 10 heteroatoms. The van der Waals surface area contributed by atoms with Gasteiger partial charge in [0.2, 0.25) is 10.0 Å². The van der Waals surface area contributed by atoms with Crippen LogP contribution in [0.25, 0.3) is 0 Å². The number of nitrogens with one attached hydrogen (secondary N) is 2. The Morgan fingerprint density at radius 2 is 1.79 bits per heavy atom. The lowest BCUT2D eigenvalue weighted by Gasteiger charge is -2.16. The van der Waals surface area contributed by atoms with Crippen molar-refractivity contribution >= 4 is 54.9 Å². The molecule has 1 aliphatic rings. The second-order valence-electron chi connectivity index (χ2n) is 6.39. The largest absolute Gasteiger partial charge is 0.496 e. The predicted molar refractivity (Wildman–Crippen MR) is 119 cm³/mol. The molecule has 0 aliphatic carbocycles. The molecule has 154 valence electrons. The Labute approximate surface area is 183 Å². The molecule has 3 rings (SSSR count). The third-order valence-electron chi connectivity index (χ3n) is 4.45. The Morgan fingerprint density at radius 1 is 1.14 bits per heavy atom. The van der Waals surface area contributed by atoms with Gasteiger partial charge in [-0.15, -0.1) is 0 Å². The zero-order valence-electron chi connectivity index (χ0n) is 15.6. The first-order valence-electron chi connectivity index (χ1n) is 8.87. The van der Waals surface area contributed by atoms with Crippen molar-refractivity contribution < 1.29 is 17.9 Å². The summed E-state index contributed by atoms with van der Waals surface area (Å²) in [5.41, 5.74) is 0.898. The third kappa shape index (κ3) is 5.13. The number of carbonyl (C=O) groups is 1. The summed E-state index contributed by atoms with van der Waals surface area (Å²) in [6.45, 7) is 1.11. The number of hydrogen-bond donors (Lipinski definition) is 2. The number of methoxy groups -OCH3 is 1. The fraction of sp³-hybridized carbons (Fsp3) is 0.263. The van der Waals surface area contributed by atoms with Crippen LogP contribution in [-0.4, -0.2) is 43.9 Å². The van der Waals surface area contributed by atoms with Crippen LogP contribution in [0, 0.1) is 0 Å². The van der Waals surface area contributed by atoms with Crippen molar-refractivity contribution in [2.75, 3.05) is 25.5 Å². The highest BCUT2D eigenvalue weighted by Gasteiger charge is 2.26. The second-order valence-corrected chi connectivity index (χ2v) is 9.65. The minimum atomic E-state index is -3.47. The van der Waals surface area contributed by atoms with E-state index in [1.165, 1.54) is 23.5 Å². The molecule has 1 heterocycles. The van der Waals surface area contributed by atoms with Crippen LogP contribution in [0.3, 0.4) is 0 Å². The van der Waals surface area contributed by atoms with Gasteiger partial charge in [0, 0.05) is 23.2 Å². The number of benzene rings is 2. The first-order chi connectivity index (χ1) is 13.8. The van der Waals surface area contributed by atoms with E-state index in [4.69, 9.17) is 17.0 Å². The summed E-state index contributed by atoms with van der Waals surface area (Å²) in [5.74, 6) is -0.00106. The molecule has 1 fully saturated rings. The predicted octanol–water partition coefficient (Wildman–Crippen LogP) is 3.37. The first kappa shape index (κ1) is 21.7. The van der Waals surface area contributed by atoms with Gasteiger partial charge >= 0.3 is 0 Å². The topological polar surface area (TPSA) is 87.7 Å². The summed E-state index contributed by atoms with van der Waals surface area (Å²) in [7, 11) is -1.99. The van der Waals surface area contributed by atoms with E-state index < -0.39 is 15.9 Å². The molecule has 0 spiro atoms. The normalized spacial score (nSPS) is 14.4. The van der Waals surface area contributed by atoms with Crippen molar-refractivity contribution in [3.05, 3.63) is 52.5 Å². The quantitative estimate of drug-likeness (QED) is 0.615. The summed E-state index contributed by atoms with van der Waals surface area (Å²) < 4.78 is 32.6. The molecule has 2 aromatic rings. The molecule has 0 radical (unpaired) electrons. The highest BCUT2D eigenvalue weighted by molar-refractivity contribution is 9.10. The van der Waals surface area contributed by atoms with E-state index in [1.54, 1.807) is 30.3 Å². The van der Waals surface area contributed by atoms with E-state index in [2.05, 4.69) is 26.6 Å². The van der Waals surface area contributed by atoms with Gasteiger partial charge < -0.3 is 10.1 Å². The van der Waals surface area contributed by atoms with E-state index in [0.29, 0.717) is 30.1 Å². The molecule has 7 nitrogen and oxygen atoms in total. The lowest BCUT2D eigenvalue weighted by Crippen LogP contribution is -2.34. The molecule has 2 N–H and O–H groups in total. The van der Waals surface area contributed by atoms with Crippen LogP contribution >= 0.6 is 28.1 Å². The Morgan fingerprint density at radius 3 is 2.41 bits per heavy atom. The number of nitrogens with zero attached hydrogens (tertiary/aromatic N) is 1. The molecule has 0 atom stereocenters. The maximum atomic E-state index is 12.6. The van der Waals surface area contributed by atoms with Crippen molar-refractivity contribution in [1.29, 1.82) is 0 Å².